The van der Waals surface area contributed by atoms with Gasteiger partial charge in [-0.25, -0.2) is 0 Å². The Balaban J connectivity index is 1.88. The molecule has 0 spiro atoms. The predicted molar refractivity (Wildman–Crippen MR) is 60.9 cm³/mol. The van der Waals surface area contributed by atoms with Crippen LogP contribution in [0.5, 0.6) is 0 Å². The van der Waals surface area contributed by atoms with Crippen LogP contribution in [0.15, 0.2) is 0 Å². The summed E-state index contributed by atoms with van der Waals surface area (Å²) < 4.78 is 0. The summed E-state index contributed by atoms with van der Waals surface area (Å²) in [5.74, 6) is 2.06. The Morgan fingerprint density at radius 3 is 2.62 bits per heavy atom. The maximum atomic E-state index is 11.9. The number of anilines is 1. The van der Waals surface area contributed by atoms with Gasteiger partial charge < -0.3 is 0 Å². The van der Waals surface area contributed by atoms with E-state index in [-0.39, 0.29) is 11.8 Å². The second-order valence-electron chi connectivity index (χ2n) is 4.69. The van der Waals surface area contributed by atoms with E-state index in [1.165, 1.54) is 0 Å². The molecule has 0 radical (unpaired) electrons. The van der Waals surface area contributed by atoms with Gasteiger partial charge in [-0.05, 0) is 38.5 Å². The molecule has 1 aromatic rings. The minimum absolute atomic E-state index is 0.0610. The largest absolute Gasteiger partial charge is 0.293 e. The van der Waals surface area contributed by atoms with Crippen molar-refractivity contribution in [2.75, 3.05) is 5.32 Å². The van der Waals surface area contributed by atoms with Crippen molar-refractivity contribution in [2.45, 2.75) is 39.5 Å². The molecule has 1 aromatic heterocycles. The molecule has 88 valence electrons. The molecule has 2 rings (SSSR count). The molecule has 1 saturated carbocycles. The van der Waals surface area contributed by atoms with Crippen molar-refractivity contribution in [3.63, 3.8) is 0 Å². The molecular formula is C11H18N4O. The fourth-order valence-corrected chi connectivity index (χ4v) is 2.13. The Labute approximate surface area is 95.0 Å². The highest BCUT2D eigenvalue weighted by molar-refractivity contribution is 5.90. The molecule has 0 aliphatic heterocycles. The van der Waals surface area contributed by atoms with E-state index < -0.39 is 0 Å². The number of aromatic amines is 1. The van der Waals surface area contributed by atoms with Gasteiger partial charge in [-0.15, -0.1) is 5.10 Å². The summed E-state index contributed by atoms with van der Waals surface area (Å²) in [6, 6.07) is 0. The van der Waals surface area contributed by atoms with Crippen LogP contribution in [-0.2, 0) is 4.79 Å². The van der Waals surface area contributed by atoms with Crippen LogP contribution in [-0.4, -0.2) is 21.1 Å². The summed E-state index contributed by atoms with van der Waals surface area (Å²) in [5.41, 5.74) is 0. The lowest BCUT2D eigenvalue weighted by molar-refractivity contribution is -0.121. The van der Waals surface area contributed by atoms with Crippen molar-refractivity contribution in [1.29, 1.82) is 0 Å². The van der Waals surface area contributed by atoms with Gasteiger partial charge in [0.15, 0.2) is 0 Å². The van der Waals surface area contributed by atoms with Gasteiger partial charge in [0.2, 0.25) is 11.9 Å². The first-order valence-electron chi connectivity index (χ1n) is 5.85. The van der Waals surface area contributed by atoms with E-state index in [9.17, 15) is 4.79 Å². The van der Waals surface area contributed by atoms with Crippen LogP contribution < -0.4 is 5.32 Å². The van der Waals surface area contributed by atoms with Crippen LogP contribution in [0.4, 0.5) is 5.95 Å². The molecule has 1 aliphatic carbocycles. The van der Waals surface area contributed by atoms with E-state index >= 15 is 0 Å². The quantitative estimate of drug-likeness (QED) is 0.802. The van der Waals surface area contributed by atoms with Crippen LogP contribution in [0, 0.1) is 18.8 Å². The number of carbonyl (C=O) groups is 1. The molecule has 0 unspecified atom stereocenters. The minimum Gasteiger partial charge on any atom is -0.293 e. The zero-order chi connectivity index (χ0) is 11.5. The van der Waals surface area contributed by atoms with Crippen LogP contribution in [0.2, 0.25) is 0 Å². The van der Waals surface area contributed by atoms with Crippen LogP contribution in [0.1, 0.15) is 38.4 Å². The van der Waals surface area contributed by atoms with Gasteiger partial charge >= 0.3 is 0 Å². The van der Waals surface area contributed by atoms with Crippen molar-refractivity contribution in [3.05, 3.63) is 5.82 Å². The lowest BCUT2D eigenvalue weighted by Gasteiger charge is -2.24. The zero-order valence-corrected chi connectivity index (χ0v) is 9.79. The Bertz CT molecular complexity index is 366. The summed E-state index contributed by atoms with van der Waals surface area (Å²) in [4.78, 5) is 15.9. The van der Waals surface area contributed by atoms with Gasteiger partial charge in [0.1, 0.15) is 5.82 Å². The van der Waals surface area contributed by atoms with E-state index in [0.29, 0.717) is 11.8 Å². The molecule has 1 fully saturated rings. The van der Waals surface area contributed by atoms with Crippen LogP contribution >= 0.6 is 0 Å². The molecule has 1 aliphatic rings. The highest BCUT2D eigenvalue weighted by Gasteiger charge is 2.24. The van der Waals surface area contributed by atoms with Crippen molar-refractivity contribution in [2.24, 2.45) is 11.8 Å². The molecular weight excluding hydrogens is 204 g/mol. The van der Waals surface area contributed by atoms with Gasteiger partial charge in [-0.1, -0.05) is 6.92 Å². The van der Waals surface area contributed by atoms with Crippen molar-refractivity contribution < 1.29 is 4.79 Å². The molecule has 5 nitrogen and oxygen atoms in total. The minimum atomic E-state index is 0.0610. The number of carbonyl (C=O) groups excluding carboxylic acids is 1. The number of aromatic nitrogens is 3. The maximum Gasteiger partial charge on any atom is 0.248 e. The number of aryl methyl sites for hydroxylation is 1. The van der Waals surface area contributed by atoms with E-state index in [1.807, 2.05) is 6.92 Å². The SMILES string of the molecule is Cc1nc(NC(=O)C2CCC(C)CC2)n[nH]1. The molecule has 1 amide bonds. The van der Waals surface area contributed by atoms with Crippen LogP contribution in [0.3, 0.4) is 0 Å². The summed E-state index contributed by atoms with van der Waals surface area (Å²) in [5, 5.41) is 9.36. The summed E-state index contributed by atoms with van der Waals surface area (Å²) in [6.07, 6.45) is 4.25. The third-order valence-corrected chi connectivity index (χ3v) is 3.22. The molecule has 0 aromatic carbocycles. The molecule has 0 bridgehead atoms. The predicted octanol–water partition coefficient (Wildman–Crippen LogP) is 1.88. The summed E-state index contributed by atoms with van der Waals surface area (Å²) in [7, 11) is 0. The van der Waals surface area contributed by atoms with Crippen molar-refractivity contribution >= 4 is 11.9 Å². The Kier molecular flexibility index (Phi) is 3.22. The van der Waals surface area contributed by atoms with Gasteiger partial charge in [0.05, 0.1) is 0 Å². The van der Waals surface area contributed by atoms with E-state index in [0.717, 1.165) is 31.6 Å². The number of amides is 1. The van der Waals surface area contributed by atoms with Crippen molar-refractivity contribution in [3.8, 4) is 0 Å². The number of hydrogen-bond donors (Lipinski definition) is 2. The number of hydrogen-bond acceptors (Lipinski definition) is 3. The highest BCUT2D eigenvalue weighted by Crippen LogP contribution is 2.28. The standard InChI is InChI=1S/C11H18N4O/c1-7-3-5-9(6-4-7)10(16)13-11-12-8(2)14-15-11/h7,9H,3-6H2,1-2H3,(H2,12,13,14,15,16). The van der Waals surface area contributed by atoms with E-state index in [1.54, 1.807) is 0 Å². The Morgan fingerprint density at radius 2 is 2.06 bits per heavy atom. The first kappa shape index (κ1) is 11.1. The number of rotatable bonds is 2. The van der Waals surface area contributed by atoms with Gasteiger partial charge in [0, 0.05) is 5.92 Å². The molecule has 16 heavy (non-hydrogen) atoms. The average molecular weight is 222 g/mol. The third-order valence-electron chi connectivity index (χ3n) is 3.22. The molecule has 2 N–H and O–H groups in total. The lowest BCUT2D eigenvalue weighted by atomic mass is 9.82. The Morgan fingerprint density at radius 1 is 1.38 bits per heavy atom. The fraction of sp³-hybridized carbons (Fsp3) is 0.727. The summed E-state index contributed by atoms with van der Waals surface area (Å²) >= 11 is 0. The first-order chi connectivity index (χ1) is 7.65. The normalized spacial score (nSPS) is 25.4. The molecule has 1 heterocycles. The zero-order valence-electron chi connectivity index (χ0n) is 9.79. The molecule has 0 atom stereocenters. The topological polar surface area (TPSA) is 70.7 Å². The third kappa shape index (κ3) is 2.59. The molecule has 5 heteroatoms. The number of nitrogens with zero attached hydrogens (tertiary/aromatic N) is 2. The van der Waals surface area contributed by atoms with E-state index in [4.69, 9.17) is 0 Å². The van der Waals surface area contributed by atoms with Gasteiger partial charge in [-0.2, -0.15) is 4.98 Å². The Hall–Kier alpha value is -1.39. The van der Waals surface area contributed by atoms with Crippen LogP contribution in [0.25, 0.3) is 0 Å². The lowest BCUT2D eigenvalue weighted by Crippen LogP contribution is -2.27. The smallest absolute Gasteiger partial charge is 0.248 e. The monoisotopic (exact) mass is 222 g/mol. The summed E-state index contributed by atoms with van der Waals surface area (Å²) in [6.45, 7) is 4.05. The fourth-order valence-electron chi connectivity index (χ4n) is 2.13. The first-order valence-corrected chi connectivity index (χ1v) is 5.85. The second-order valence-corrected chi connectivity index (χ2v) is 4.69. The maximum absolute atomic E-state index is 11.9. The van der Waals surface area contributed by atoms with E-state index in [2.05, 4.69) is 27.4 Å². The van der Waals surface area contributed by atoms with Gasteiger partial charge in [-0.3, -0.25) is 15.2 Å². The second kappa shape index (κ2) is 4.63. The average Bonchev–Trinajstić information content (AvgIpc) is 2.65. The number of H-pyrrole nitrogens is 1. The van der Waals surface area contributed by atoms with Gasteiger partial charge in [0.25, 0.3) is 0 Å². The highest BCUT2D eigenvalue weighted by atomic mass is 16.2. The van der Waals surface area contributed by atoms with Crippen molar-refractivity contribution in [1.82, 2.24) is 15.2 Å². The molecule has 0 saturated heterocycles. The number of nitrogens with one attached hydrogen (secondary N) is 2.